The maximum absolute atomic E-state index is 3.87. The Morgan fingerprint density at radius 1 is 1.58 bits per heavy atom. The van der Waals surface area contributed by atoms with E-state index in [-0.39, 0.29) is 0 Å². The van der Waals surface area contributed by atoms with Gasteiger partial charge in [-0.15, -0.1) is 21.5 Å². The van der Waals surface area contributed by atoms with E-state index in [1.54, 1.807) is 11.3 Å². The normalized spacial score (nSPS) is 10.4. The highest BCUT2D eigenvalue weighted by atomic mass is 79.9. The Hall–Kier alpha value is -0.750. The fraction of sp³-hybridized carbons (Fsp3) is 0.167. The lowest BCUT2D eigenvalue weighted by Crippen LogP contribution is -1.88. The molecule has 0 amide bonds. The molecule has 0 spiro atoms. The Labute approximate surface area is 81.1 Å². The van der Waals surface area contributed by atoms with Crippen molar-refractivity contribution in [2.45, 2.75) is 6.42 Å². The number of halogens is 1. The van der Waals surface area contributed by atoms with E-state index in [0.717, 1.165) is 16.7 Å². The van der Waals surface area contributed by atoms with E-state index in [4.69, 9.17) is 0 Å². The first kappa shape index (κ1) is 7.88. The van der Waals surface area contributed by atoms with Crippen LogP contribution in [-0.4, -0.2) is 20.6 Å². The number of nitrogens with one attached hydrogen (secondary N) is 1. The van der Waals surface area contributed by atoms with Crippen LogP contribution in [0.1, 0.15) is 10.7 Å². The number of rotatable bonds is 2. The molecule has 0 aromatic carbocycles. The molecule has 1 N–H and O–H groups in total. The van der Waals surface area contributed by atoms with Crippen LogP contribution in [0.25, 0.3) is 0 Å². The highest BCUT2D eigenvalue weighted by Crippen LogP contribution is 2.23. The van der Waals surface area contributed by atoms with Gasteiger partial charge >= 0.3 is 0 Å². The molecule has 4 nitrogen and oxygen atoms in total. The highest BCUT2D eigenvalue weighted by molar-refractivity contribution is 9.10. The highest BCUT2D eigenvalue weighted by Gasteiger charge is 2.05. The topological polar surface area (TPSA) is 54.5 Å². The Bertz CT molecular complexity index is 355. The Morgan fingerprint density at radius 3 is 3.08 bits per heavy atom. The van der Waals surface area contributed by atoms with Gasteiger partial charge in [-0.2, -0.15) is 5.21 Å². The summed E-state index contributed by atoms with van der Waals surface area (Å²) in [6, 6.07) is 2.01. The van der Waals surface area contributed by atoms with Crippen LogP contribution in [0.4, 0.5) is 0 Å². The Morgan fingerprint density at radius 2 is 2.50 bits per heavy atom. The second-order valence-corrected chi connectivity index (χ2v) is 4.05. The van der Waals surface area contributed by atoms with Gasteiger partial charge < -0.3 is 0 Å². The predicted molar refractivity (Wildman–Crippen MR) is 49.0 cm³/mol. The zero-order chi connectivity index (χ0) is 8.39. The van der Waals surface area contributed by atoms with E-state index >= 15 is 0 Å². The summed E-state index contributed by atoms with van der Waals surface area (Å²) in [7, 11) is 0. The van der Waals surface area contributed by atoms with E-state index < -0.39 is 0 Å². The van der Waals surface area contributed by atoms with Crippen LogP contribution >= 0.6 is 27.3 Å². The van der Waals surface area contributed by atoms with Crippen molar-refractivity contribution < 1.29 is 0 Å². The summed E-state index contributed by atoms with van der Waals surface area (Å²) in [6.45, 7) is 0. The second-order valence-electron chi connectivity index (χ2n) is 2.20. The molecule has 0 radical (unpaired) electrons. The van der Waals surface area contributed by atoms with Gasteiger partial charge in [0, 0.05) is 15.8 Å². The standard InChI is InChI=1S/C6H5BrN4S/c7-4-1-2-12-5(4)3-6-8-10-11-9-6/h1-2H,3H2,(H,8,9,10,11). The lowest BCUT2D eigenvalue weighted by Gasteiger charge is -1.90. The van der Waals surface area contributed by atoms with Crippen LogP contribution < -0.4 is 0 Å². The molecule has 0 fully saturated rings. The van der Waals surface area contributed by atoms with Gasteiger partial charge in [0.1, 0.15) is 0 Å². The van der Waals surface area contributed by atoms with E-state index in [0.29, 0.717) is 0 Å². The van der Waals surface area contributed by atoms with Crippen molar-refractivity contribution in [2.75, 3.05) is 0 Å². The first-order chi connectivity index (χ1) is 5.86. The van der Waals surface area contributed by atoms with Crippen LogP contribution in [0.3, 0.4) is 0 Å². The molecule has 62 valence electrons. The number of hydrogen-bond donors (Lipinski definition) is 1. The minimum Gasteiger partial charge on any atom is -0.177 e. The van der Waals surface area contributed by atoms with Crippen molar-refractivity contribution in [1.29, 1.82) is 0 Å². The third kappa shape index (κ3) is 1.54. The summed E-state index contributed by atoms with van der Waals surface area (Å²) in [5.74, 6) is 0.721. The number of thiophene rings is 1. The summed E-state index contributed by atoms with van der Waals surface area (Å²) in [4.78, 5) is 1.22. The molecule has 0 bridgehead atoms. The largest absolute Gasteiger partial charge is 0.179 e. The maximum Gasteiger partial charge on any atom is 0.179 e. The SMILES string of the molecule is Brc1ccsc1Cc1nn[nH]n1. The quantitative estimate of drug-likeness (QED) is 0.874. The molecule has 6 heteroatoms. The van der Waals surface area contributed by atoms with Gasteiger partial charge in [-0.1, -0.05) is 5.21 Å². The molecular weight excluding hydrogens is 240 g/mol. The van der Waals surface area contributed by atoms with Gasteiger partial charge in [0.05, 0.1) is 0 Å². The van der Waals surface area contributed by atoms with Crippen LogP contribution in [0, 0.1) is 0 Å². The molecule has 2 heterocycles. The number of nitrogens with zero attached hydrogens (tertiary/aromatic N) is 3. The average Bonchev–Trinajstić information content (AvgIpc) is 2.65. The molecule has 2 aromatic heterocycles. The molecule has 2 aromatic rings. The number of hydrogen-bond acceptors (Lipinski definition) is 4. The average molecular weight is 245 g/mol. The van der Waals surface area contributed by atoms with Crippen LogP contribution in [-0.2, 0) is 6.42 Å². The number of aromatic nitrogens is 4. The summed E-state index contributed by atoms with van der Waals surface area (Å²) in [5, 5.41) is 15.7. The maximum atomic E-state index is 3.87. The van der Waals surface area contributed by atoms with Gasteiger partial charge in [-0.25, -0.2) is 0 Å². The van der Waals surface area contributed by atoms with Crippen LogP contribution in [0.2, 0.25) is 0 Å². The van der Waals surface area contributed by atoms with Crippen molar-refractivity contribution in [1.82, 2.24) is 20.6 Å². The van der Waals surface area contributed by atoms with Crippen LogP contribution in [0.5, 0.6) is 0 Å². The summed E-state index contributed by atoms with van der Waals surface area (Å²) >= 11 is 5.12. The van der Waals surface area contributed by atoms with Crippen molar-refractivity contribution >= 4 is 27.3 Å². The summed E-state index contributed by atoms with van der Waals surface area (Å²) < 4.78 is 1.11. The smallest absolute Gasteiger partial charge is 0.177 e. The third-order valence-corrected chi connectivity index (χ3v) is 3.33. The van der Waals surface area contributed by atoms with Gasteiger partial charge in [0.15, 0.2) is 5.82 Å². The van der Waals surface area contributed by atoms with Gasteiger partial charge in [-0.05, 0) is 27.4 Å². The van der Waals surface area contributed by atoms with E-state index in [9.17, 15) is 0 Å². The number of tetrazole rings is 1. The first-order valence-electron chi connectivity index (χ1n) is 3.30. The number of aromatic amines is 1. The molecule has 0 unspecified atom stereocenters. The second kappa shape index (κ2) is 3.32. The lowest BCUT2D eigenvalue weighted by atomic mass is 10.3. The van der Waals surface area contributed by atoms with Crippen molar-refractivity contribution in [3.8, 4) is 0 Å². The first-order valence-corrected chi connectivity index (χ1v) is 4.98. The summed E-state index contributed by atoms with van der Waals surface area (Å²) in [6.07, 6.45) is 0.731. The minimum absolute atomic E-state index is 0.721. The van der Waals surface area contributed by atoms with Crippen molar-refractivity contribution in [3.05, 3.63) is 26.6 Å². The zero-order valence-electron chi connectivity index (χ0n) is 5.99. The molecular formula is C6H5BrN4S. The molecule has 0 atom stereocenters. The van der Waals surface area contributed by atoms with E-state index in [1.807, 2.05) is 11.4 Å². The van der Waals surface area contributed by atoms with Crippen molar-refractivity contribution in [3.63, 3.8) is 0 Å². The lowest BCUT2D eigenvalue weighted by molar-refractivity contribution is 0.881. The molecule has 0 aliphatic rings. The van der Waals surface area contributed by atoms with Crippen LogP contribution in [0.15, 0.2) is 15.9 Å². The predicted octanol–water partition coefficient (Wildman–Crippen LogP) is 1.61. The zero-order valence-corrected chi connectivity index (χ0v) is 8.39. The monoisotopic (exact) mass is 244 g/mol. The molecule has 0 aliphatic heterocycles. The Kier molecular flexibility index (Phi) is 2.18. The van der Waals surface area contributed by atoms with Gasteiger partial charge in [0.25, 0.3) is 0 Å². The van der Waals surface area contributed by atoms with E-state index in [1.165, 1.54) is 4.88 Å². The van der Waals surface area contributed by atoms with Crippen molar-refractivity contribution in [2.24, 2.45) is 0 Å². The summed E-state index contributed by atoms with van der Waals surface area (Å²) in [5.41, 5.74) is 0. The van der Waals surface area contributed by atoms with Gasteiger partial charge in [-0.3, -0.25) is 0 Å². The van der Waals surface area contributed by atoms with E-state index in [2.05, 4.69) is 36.6 Å². The fourth-order valence-corrected chi connectivity index (χ4v) is 2.34. The molecule has 2 rings (SSSR count). The molecule has 0 saturated heterocycles. The third-order valence-electron chi connectivity index (χ3n) is 1.40. The molecule has 0 saturated carbocycles. The van der Waals surface area contributed by atoms with Gasteiger partial charge in [0.2, 0.25) is 0 Å². The minimum atomic E-state index is 0.721. The molecule has 0 aliphatic carbocycles. The Balaban J connectivity index is 2.20. The fourth-order valence-electron chi connectivity index (χ4n) is 0.852. The molecule has 12 heavy (non-hydrogen) atoms. The number of H-pyrrole nitrogens is 1.